The van der Waals surface area contributed by atoms with Gasteiger partial charge in [-0.05, 0) is 38.1 Å². The molecular weight excluding hydrogens is 250 g/mol. The summed E-state index contributed by atoms with van der Waals surface area (Å²) in [6.07, 6.45) is 1.62. The average molecular weight is 269 g/mol. The zero-order chi connectivity index (χ0) is 13.3. The van der Waals surface area contributed by atoms with Gasteiger partial charge in [0.1, 0.15) is 0 Å². The molecule has 1 aromatic carbocycles. The first kappa shape index (κ1) is 13.4. The molecule has 2 atom stereocenters. The number of morpholine rings is 1. The number of rotatable bonds is 2. The van der Waals surface area contributed by atoms with Crippen LogP contribution >= 0.6 is 0 Å². The van der Waals surface area contributed by atoms with Crippen molar-refractivity contribution in [1.82, 2.24) is 0 Å². The highest BCUT2D eigenvalue weighted by atomic mass is 32.2. The first-order valence-corrected chi connectivity index (χ1v) is 7.96. The van der Waals surface area contributed by atoms with Crippen molar-refractivity contribution in [1.29, 1.82) is 0 Å². The van der Waals surface area contributed by atoms with Crippen molar-refractivity contribution in [3.8, 4) is 0 Å². The van der Waals surface area contributed by atoms with Crippen molar-refractivity contribution in [2.24, 2.45) is 0 Å². The maximum atomic E-state index is 11.4. The molecule has 5 heteroatoms. The van der Waals surface area contributed by atoms with E-state index in [2.05, 4.69) is 4.90 Å². The van der Waals surface area contributed by atoms with E-state index in [1.54, 1.807) is 12.1 Å². The molecule has 100 valence electrons. The molecule has 0 bridgehead atoms. The molecule has 0 spiro atoms. The molecule has 18 heavy (non-hydrogen) atoms. The maximum Gasteiger partial charge on any atom is 0.175 e. The molecule has 0 N–H and O–H groups in total. The summed E-state index contributed by atoms with van der Waals surface area (Å²) >= 11 is 0. The Morgan fingerprint density at radius 1 is 1.11 bits per heavy atom. The van der Waals surface area contributed by atoms with Crippen LogP contribution in [0.5, 0.6) is 0 Å². The van der Waals surface area contributed by atoms with Crippen molar-refractivity contribution in [2.45, 2.75) is 31.0 Å². The lowest BCUT2D eigenvalue weighted by Crippen LogP contribution is -2.45. The Hall–Kier alpha value is -1.07. The Bertz CT molecular complexity index is 500. The quantitative estimate of drug-likeness (QED) is 0.820. The molecule has 1 aromatic rings. The standard InChI is InChI=1S/C13H19NO3S/c1-10-8-14(9-11(2)17-10)12-4-6-13(7-5-12)18(3,15)16/h4-7,10-11H,8-9H2,1-3H3. The van der Waals surface area contributed by atoms with Gasteiger partial charge >= 0.3 is 0 Å². The Labute approximate surface area is 108 Å². The lowest BCUT2D eigenvalue weighted by molar-refractivity contribution is -0.00522. The summed E-state index contributed by atoms with van der Waals surface area (Å²) in [4.78, 5) is 2.59. The van der Waals surface area contributed by atoms with E-state index in [-0.39, 0.29) is 12.2 Å². The minimum absolute atomic E-state index is 0.198. The van der Waals surface area contributed by atoms with Gasteiger partial charge in [-0.3, -0.25) is 0 Å². The fourth-order valence-corrected chi connectivity index (χ4v) is 2.92. The third-order valence-electron chi connectivity index (χ3n) is 3.05. The first-order valence-electron chi connectivity index (χ1n) is 6.07. The summed E-state index contributed by atoms with van der Waals surface area (Å²) in [6, 6.07) is 7.05. The molecule has 1 saturated heterocycles. The fourth-order valence-electron chi connectivity index (χ4n) is 2.29. The number of ether oxygens (including phenoxy) is 1. The van der Waals surface area contributed by atoms with Crippen LogP contribution in [0.15, 0.2) is 29.2 Å². The molecule has 4 nitrogen and oxygen atoms in total. The molecule has 1 heterocycles. The van der Waals surface area contributed by atoms with Gasteiger partial charge in [0.2, 0.25) is 0 Å². The molecule has 0 aromatic heterocycles. The maximum absolute atomic E-state index is 11.4. The minimum Gasteiger partial charge on any atom is -0.372 e. The molecule has 2 unspecified atom stereocenters. The van der Waals surface area contributed by atoms with E-state index < -0.39 is 9.84 Å². The zero-order valence-electron chi connectivity index (χ0n) is 11.0. The minimum atomic E-state index is -3.12. The largest absolute Gasteiger partial charge is 0.372 e. The summed E-state index contributed by atoms with van der Waals surface area (Å²) in [7, 11) is -3.12. The number of sulfone groups is 1. The van der Waals surface area contributed by atoms with Gasteiger partial charge < -0.3 is 9.64 Å². The Morgan fingerprint density at radius 3 is 2.06 bits per heavy atom. The summed E-state index contributed by atoms with van der Waals surface area (Å²) in [6.45, 7) is 5.77. The van der Waals surface area contributed by atoms with Gasteiger partial charge in [-0.2, -0.15) is 0 Å². The molecule has 1 fully saturated rings. The number of benzene rings is 1. The lowest BCUT2D eigenvalue weighted by atomic mass is 10.2. The van der Waals surface area contributed by atoms with Crippen LogP contribution < -0.4 is 4.90 Å². The van der Waals surface area contributed by atoms with Crippen molar-refractivity contribution in [2.75, 3.05) is 24.2 Å². The first-order chi connectivity index (χ1) is 8.36. The van der Waals surface area contributed by atoms with Crippen LogP contribution in [-0.2, 0) is 14.6 Å². The van der Waals surface area contributed by atoms with Gasteiger partial charge in [0, 0.05) is 25.0 Å². The van der Waals surface area contributed by atoms with Crippen LogP contribution in [0.25, 0.3) is 0 Å². The second kappa shape index (κ2) is 4.90. The average Bonchev–Trinajstić information content (AvgIpc) is 2.27. The van der Waals surface area contributed by atoms with E-state index in [0.717, 1.165) is 18.8 Å². The third kappa shape index (κ3) is 3.03. The van der Waals surface area contributed by atoms with Crippen LogP contribution in [-0.4, -0.2) is 40.0 Å². The Balaban J connectivity index is 2.19. The summed E-state index contributed by atoms with van der Waals surface area (Å²) in [5, 5.41) is 0. The zero-order valence-corrected chi connectivity index (χ0v) is 11.8. The molecule has 0 aliphatic carbocycles. The van der Waals surface area contributed by atoms with Crippen molar-refractivity contribution < 1.29 is 13.2 Å². The lowest BCUT2D eigenvalue weighted by Gasteiger charge is -2.36. The van der Waals surface area contributed by atoms with Gasteiger partial charge in [-0.25, -0.2) is 8.42 Å². The van der Waals surface area contributed by atoms with Crippen molar-refractivity contribution in [3.05, 3.63) is 24.3 Å². The predicted molar refractivity (Wildman–Crippen MR) is 71.8 cm³/mol. The van der Waals surface area contributed by atoms with Gasteiger partial charge in [0.05, 0.1) is 17.1 Å². The van der Waals surface area contributed by atoms with E-state index in [1.165, 1.54) is 6.26 Å². The van der Waals surface area contributed by atoms with Gasteiger partial charge in [0.25, 0.3) is 0 Å². The molecule has 0 saturated carbocycles. The predicted octanol–water partition coefficient (Wildman–Crippen LogP) is 1.70. The SMILES string of the molecule is CC1CN(c2ccc(S(C)(=O)=O)cc2)CC(C)O1. The smallest absolute Gasteiger partial charge is 0.175 e. The summed E-state index contributed by atoms with van der Waals surface area (Å²) in [5.41, 5.74) is 1.05. The molecule has 1 aliphatic rings. The number of nitrogens with zero attached hydrogens (tertiary/aromatic N) is 1. The van der Waals surface area contributed by atoms with Crippen LogP contribution in [0.2, 0.25) is 0 Å². The van der Waals surface area contributed by atoms with E-state index in [9.17, 15) is 8.42 Å². The monoisotopic (exact) mass is 269 g/mol. The Kier molecular flexibility index (Phi) is 3.64. The van der Waals surface area contributed by atoms with E-state index in [1.807, 2.05) is 26.0 Å². The third-order valence-corrected chi connectivity index (χ3v) is 4.18. The highest BCUT2D eigenvalue weighted by molar-refractivity contribution is 7.90. The van der Waals surface area contributed by atoms with Crippen LogP contribution in [0.1, 0.15) is 13.8 Å². The highest BCUT2D eigenvalue weighted by Gasteiger charge is 2.22. The normalized spacial score (nSPS) is 25.2. The van der Waals surface area contributed by atoms with Crippen LogP contribution in [0, 0.1) is 0 Å². The van der Waals surface area contributed by atoms with E-state index in [0.29, 0.717) is 4.90 Å². The van der Waals surface area contributed by atoms with Gasteiger partial charge in [-0.1, -0.05) is 0 Å². The van der Waals surface area contributed by atoms with Gasteiger partial charge in [-0.15, -0.1) is 0 Å². The highest BCUT2D eigenvalue weighted by Crippen LogP contribution is 2.22. The summed E-state index contributed by atoms with van der Waals surface area (Å²) < 4.78 is 28.5. The van der Waals surface area contributed by atoms with Crippen LogP contribution in [0.4, 0.5) is 5.69 Å². The van der Waals surface area contributed by atoms with E-state index in [4.69, 9.17) is 4.74 Å². The second-order valence-corrected chi connectivity index (χ2v) is 6.94. The number of anilines is 1. The van der Waals surface area contributed by atoms with Crippen LogP contribution in [0.3, 0.4) is 0 Å². The Morgan fingerprint density at radius 2 is 1.61 bits per heavy atom. The van der Waals surface area contributed by atoms with Crippen molar-refractivity contribution in [3.63, 3.8) is 0 Å². The molecule has 0 amide bonds. The molecular formula is C13H19NO3S. The summed E-state index contributed by atoms with van der Waals surface area (Å²) in [5.74, 6) is 0. The fraction of sp³-hybridized carbons (Fsp3) is 0.538. The number of hydrogen-bond acceptors (Lipinski definition) is 4. The van der Waals surface area contributed by atoms with Crippen molar-refractivity contribution >= 4 is 15.5 Å². The second-order valence-electron chi connectivity index (χ2n) is 4.93. The topological polar surface area (TPSA) is 46.6 Å². The van der Waals surface area contributed by atoms with E-state index >= 15 is 0 Å². The molecule has 1 aliphatic heterocycles. The van der Waals surface area contributed by atoms with Gasteiger partial charge in [0.15, 0.2) is 9.84 Å². The molecule has 0 radical (unpaired) electrons. The number of hydrogen-bond donors (Lipinski definition) is 0. The molecule has 2 rings (SSSR count).